The summed E-state index contributed by atoms with van der Waals surface area (Å²) in [5.74, 6) is -0.473. The van der Waals surface area contributed by atoms with E-state index in [4.69, 9.17) is 11.6 Å². The van der Waals surface area contributed by atoms with Gasteiger partial charge in [-0.05, 0) is 27.1 Å². The summed E-state index contributed by atoms with van der Waals surface area (Å²) in [4.78, 5) is 2.00. The summed E-state index contributed by atoms with van der Waals surface area (Å²) in [5, 5.41) is 15.4. The molecule has 114 valence electrons. The fourth-order valence-electron chi connectivity index (χ4n) is 2.29. The molecule has 0 saturated carbocycles. The number of benzene rings is 1. The molecule has 0 spiro atoms. The summed E-state index contributed by atoms with van der Waals surface area (Å²) in [7, 11) is 3.89. The highest BCUT2D eigenvalue weighted by atomic mass is 35.5. The molecule has 0 aliphatic heterocycles. The Balaban J connectivity index is 2.45. The van der Waals surface area contributed by atoms with E-state index in [2.05, 4.69) is 5.10 Å². The predicted molar refractivity (Wildman–Crippen MR) is 80.9 cm³/mol. The molecule has 2 rings (SSSR count). The van der Waals surface area contributed by atoms with Crippen LogP contribution in [0.2, 0.25) is 5.02 Å². The van der Waals surface area contributed by atoms with Gasteiger partial charge in [0.1, 0.15) is 11.4 Å². The molecule has 0 amide bonds. The van der Waals surface area contributed by atoms with Crippen molar-refractivity contribution in [2.75, 3.05) is 20.6 Å². The first-order chi connectivity index (χ1) is 9.84. The highest BCUT2D eigenvalue weighted by Gasteiger charge is 2.34. The summed E-state index contributed by atoms with van der Waals surface area (Å²) in [6.07, 6.45) is 1.47. The van der Waals surface area contributed by atoms with Crippen LogP contribution in [0, 0.1) is 5.82 Å². The van der Waals surface area contributed by atoms with E-state index in [1.807, 2.05) is 19.0 Å². The quantitative estimate of drug-likeness (QED) is 0.922. The molecule has 6 heteroatoms. The van der Waals surface area contributed by atoms with Gasteiger partial charge in [0.05, 0.1) is 23.5 Å². The lowest BCUT2D eigenvalue weighted by atomic mass is 9.92. The van der Waals surface area contributed by atoms with E-state index in [-0.39, 0.29) is 5.56 Å². The number of aliphatic hydroxyl groups is 1. The zero-order valence-electron chi connectivity index (χ0n) is 12.3. The van der Waals surface area contributed by atoms with Crippen molar-refractivity contribution in [3.8, 4) is 0 Å². The number of likely N-dealkylation sites (N-methyl/N-ethyl adjacent to an activating group) is 1. The molecule has 1 aromatic carbocycles. The van der Waals surface area contributed by atoms with Gasteiger partial charge >= 0.3 is 0 Å². The summed E-state index contributed by atoms with van der Waals surface area (Å²) >= 11 is 6.17. The molecule has 0 aliphatic rings. The van der Waals surface area contributed by atoms with Crippen molar-refractivity contribution in [2.24, 2.45) is 0 Å². The van der Waals surface area contributed by atoms with Crippen LogP contribution in [0.1, 0.15) is 18.2 Å². The lowest BCUT2D eigenvalue weighted by Gasteiger charge is -2.26. The maximum Gasteiger partial charge on any atom is 0.133 e. The van der Waals surface area contributed by atoms with Crippen molar-refractivity contribution in [3.63, 3.8) is 0 Å². The first kappa shape index (κ1) is 15.9. The highest BCUT2D eigenvalue weighted by molar-refractivity contribution is 6.31. The molecule has 2 aromatic rings. The molecular weight excluding hydrogens is 293 g/mol. The van der Waals surface area contributed by atoms with E-state index in [1.54, 1.807) is 22.9 Å². The molecule has 1 N–H and O–H groups in total. The number of hydrogen-bond donors (Lipinski definition) is 1. The van der Waals surface area contributed by atoms with Crippen LogP contribution in [-0.2, 0) is 12.1 Å². The maximum atomic E-state index is 14.0. The number of hydrogen-bond acceptors (Lipinski definition) is 3. The average Bonchev–Trinajstić information content (AvgIpc) is 2.78. The third kappa shape index (κ3) is 3.26. The van der Waals surface area contributed by atoms with Gasteiger partial charge in [0.2, 0.25) is 0 Å². The summed E-state index contributed by atoms with van der Waals surface area (Å²) in [6, 6.07) is 6.13. The lowest BCUT2D eigenvalue weighted by Crippen LogP contribution is -2.30. The van der Waals surface area contributed by atoms with Crippen LogP contribution in [0.3, 0.4) is 0 Å². The average molecular weight is 312 g/mol. The van der Waals surface area contributed by atoms with E-state index in [0.717, 1.165) is 6.54 Å². The molecule has 1 atom stereocenters. The van der Waals surface area contributed by atoms with Gasteiger partial charge in [-0.3, -0.25) is 4.68 Å². The molecule has 0 fully saturated rings. The Labute approximate surface area is 128 Å². The second-order valence-corrected chi connectivity index (χ2v) is 5.83. The van der Waals surface area contributed by atoms with Crippen molar-refractivity contribution in [1.82, 2.24) is 14.7 Å². The van der Waals surface area contributed by atoms with Crippen LogP contribution >= 0.6 is 11.6 Å². The SMILES string of the molecule is CN(C)CCn1ncc(Cl)c1C(C)(O)c1ccccc1F. The third-order valence-corrected chi connectivity index (χ3v) is 3.69. The third-order valence-electron chi connectivity index (χ3n) is 3.41. The minimum atomic E-state index is -1.55. The molecule has 0 radical (unpaired) electrons. The number of aromatic nitrogens is 2. The first-order valence-corrected chi connectivity index (χ1v) is 7.05. The molecule has 4 nitrogen and oxygen atoms in total. The Kier molecular flexibility index (Phi) is 4.66. The highest BCUT2D eigenvalue weighted by Crippen LogP contribution is 2.35. The molecule has 0 aliphatic carbocycles. The van der Waals surface area contributed by atoms with Gasteiger partial charge in [0.25, 0.3) is 0 Å². The fourth-order valence-corrected chi connectivity index (χ4v) is 2.62. The molecule has 0 saturated heterocycles. The normalized spacial score (nSPS) is 14.4. The second kappa shape index (κ2) is 6.13. The van der Waals surface area contributed by atoms with Gasteiger partial charge in [-0.15, -0.1) is 0 Å². The predicted octanol–water partition coefficient (Wildman–Crippen LogP) is 2.49. The molecule has 0 bridgehead atoms. The molecule has 1 heterocycles. The summed E-state index contributed by atoms with van der Waals surface area (Å²) in [5.41, 5.74) is -0.972. The number of halogens is 2. The van der Waals surface area contributed by atoms with Gasteiger partial charge in [0, 0.05) is 12.1 Å². The second-order valence-electron chi connectivity index (χ2n) is 5.42. The van der Waals surface area contributed by atoms with Crippen LogP contribution in [-0.4, -0.2) is 40.4 Å². The Morgan fingerprint density at radius 2 is 2.05 bits per heavy atom. The molecule has 1 aromatic heterocycles. The van der Waals surface area contributed by atoms with Gasteiger partial charge in [-0.2, -0.15) is 5.10 Å². The van der Waals surface area contributed by atoms with E-state index in [0.29, 0.717) is 17.3 Å². The Bertz CT molecular complexity index is 625. The van der Waals surface area contributed by atoms with Crippen molar-refractivity contribution >= 4 is 11.6 Å². The summed E-state index contributed by atoms with van der Waals surface area (Å²) < 4.78 is 15.6. The minimum absolute atomic E-state index is 0.179. The van der Waals surface area contributed by atoms with Crippen molar-refractivity contribution in [3.05, 3.63) is 52.6 Å². The van der Waals surface area contributed by atoms with Crippen LogP contribution in [0.4, 0.5) is 4.39 Å². The maximum absolute atomic E-state index is 14.0. The Morgan fingerprint density at radius 3 is 2.67 bits per heavy atom. The zero-order valence-corrected chi connectivity index (χ0v) is 13.1. The lowest BCUT2D eigenvalue weighted by molar-refractivity contribution is 0.0869. The van der Waals surface area contributed by atoms with Crippen molar-refractivity contribution in [2.45, 2.75) is 19.1 Å². The summed E-state index contributed by atoms with van der Waals surface area (Å²) in [6.45, 7) is 2.82. The van der Waals surface area contributed by atoms with Gasteiger partial charge in [-0.25, -0.2) is 4.39 Å². The van der Waals surface area contributed by atoms with E-state index >= 15 is 0 Å². The number of nitrogens with zero attached hydrogens (tertiary/aromatic N) is 3. The van der Waals surface area contributed by atoms with Gasteiger partial charge in [0.15, 0.2) is 0 Å². The van der Waals surface area contributed by atoms with E-state index in [1.165, 1.54) is 19.2 Å². The molecule has 21 heavy (non-hydrogen) atoms. The first-order valence-electron chi connectivity index (χ1n) is 6.68. The largest absolute Gasteiger partial charge is 0.379 e. The van der Waals surface area contributed by atoms with Crippen LogP contribution in [0.5, 0.6) is 0 Å². The van der Waals surface area contributed by atoms with Gasteiger partial charge in [-0.1, -0.05) is 29.8 Å². The van der Waals surface area contributed by atoms with E-state index in [9.17, 15) is 9.50 Å². The van der Waals surface area contributed by atoms with Crippen LogP contribution in [0.15, 0.2) is 30.5 Å². The van der Waals surface area contributed by atoms with Gasteiger partial charge < -0.3 is 10.0 Å². The smallest absolute Gasteiger partial charge is 0.133 e. The Morgan fingerprint density at radius 1 is 1.38 bits per heavy atom. The number of rotatable bonds is 5. The zero-order chi connectivity index (χ0) is 15.6. The van der Waals surface area contributed by atoms with Crippen LogP contribution in [0.25, 0.3) is 0 Å². The fraction of sp³-hybridized carbons (Fsp3) is 0.400. The van der Waals surface area contributed by atoms with Crippen LogP contribution < -0.4 is 0 Å². The topological polar surface area (TPSA) is 41.3 Å². The Hall–Kier alpha value is -1.43. The van der Waals surface area contributed by atoms with Crippen molar-refractivity contribution < 1.29 is 9.50 Å². The van der Waals surface area contributed by atoms with E-state index < -0.39 is 11.4 Å². The molecular formula is C15H19ClFN3O. The van der Waals surface area contributed by atoms with Crippen molar-refractivity contribution in [1.29, 1.82) is 0 Å². The minimum Gasteiger partial charge on any atom is -0.379 e. The standard InChI is InChI=1S/C15H19ClFN3O/c1-15(21,11-6-4-5-7-13(11)17)14-12(16)10-18-20(14)9-8-19(2)3/h4-7,10,21H,8-9H2,1-3H3. The molecule has 1 unspecified atom stereocenters. The monoisotopic (exact) mass is 311 g/mol.